The van der Waals surface area contributed by atoms with Crippen molar-refractivity contribution in [3.8, 4) is 0 Å². The molecule has 0 amide bonds. The Labute approximate surface area is 197 Å². The minimum absolute atomic E-state index is 0.0181. The van der Waals surface area contributed by atoms with Crippen LogP contribution in [0.15, 0.2) is 43.0 Å². The van der Waals surface area contributed by atoms with Gasteiger partial charge in [-0.2, -0.15) is 0 Å². The SMILES string of the molecule is C=CC(C)(C[SiH](C(C)(C)C)C(C)(C)C)[Si](OCc1ccccc1)(C(C)(C)C)C(C)(C)C. The number of rotatable bonds is 7. The molecule has 0 bridgehead atoms. The van der Waals surface area contributed by atoms with Gasteiger partial charge in [-0.25, -0.2) is 0 Å². The van der Waals surface area contributed by atoms with Crippen LogP contribution in [0, 0.1) is 0 Å². The van der Waals surface area contributed by atoms with Gasteiger partial charge in [0, 0.05) is 13.8 Å². The van der Waals surface area contributed by atoms with E-state index >= 15 is 0 Å². The van der Waals surface area contributed by atoms with Gasteiger partial charge in [-0.3, -0.25) is 0 Å². The molecule has 178 valence electrons. The third-order valence-electron chi connectivity index (χ3n) is 7.38. The first-order valence-electron chi connectivity index (χ1n) is 12.0. The molecule has 0 aliphatic heterocycles. The lowest BCUT2D eigenvalue weighted by molar-refractivity contribution is 0.227. The second-order valence-corrected chi connectivity index (χ2v) is 24.8. The molecule has 0 aliphatic rings. The van der Waals surface area contributed by atoms with Crippen molar-refractivity contribution in [3.05, 3.63) is 48.6 Å². The zero-order valence-corrected chi connectivity index (χ0v) is 25.2. The Balaban J connectivity index is 3.70. The lowest BCUT2D eigenvalue weighted by atomic mass is 10.2. The van der Waals surface area contributed by atoms with E-state index in [0.717, 1.165) is 0 Å². The fraction of sp³-hybridized carbons (Fsp3) is 0.714. The summed E-state index contributed by atoms with van der Waals surface area (Å²) in [4.78, 5) is 0. The molecule has 1 unspecified atom stereocenters. The zero-order chi connectivity index (χ0) is 24.5. The first kappa shape index (κ1) is 28.4. The highest BCUT2D eigenvalue weighted by Crippen LogP contribution is 2.67. The molecule has 3 heteroatoms. The van der Waals surface area contributed by atoms with E-state index in [9.17, 15) is 0 Å². The summed E-state index contributed by atoms with van der Waals surface area (Å²) in [5, 5.41) is 0.806. The summed E-state index contributed by atoms with van der Waals surface area (Å²) >= 11 is 0. The van der Waals surface area contributed by atoms with Crippen molar-refractivity contribution >= 4 is 17.1 Å². The highest BCUT2D eigenvalue weighted by Gasteiger charge is 2.65. The van der Waals surface area contributed by atoms with Crippen LogP contribution in [0.5, 0.6) is 0 Å². The number of allylic oxidation sites excluding steroid dienone is 1. The Morgan fingerprint density at radius 2 is 1.19 bits per heavy atom. The van der Waals surface area contributed by atoms with E-state index in [1.165, 1.54) is 11.6 Å². The van der Waals surface area contributed by atoms with Crippen molar-refractivity contribution < 1.29 is 4.43 Å². The van der Waals surface area contributed by atoms with E-state index in [1.807, 2.05) is 0 Å². The molecule has 0 fully saturated rings. The number of hydrogen-bond donors (Lipinski definition) is 0. The Morgan fingerprint density at radius 1 is 0.774 bits per heavy atom. The normalized spacial score (nSPS) is 16.3. The minimum Gasteiger partial charge on any atom is -0.411 e. The summed E-state index contributed by atoms with van der Waals surface area (Å²) in [6.45, 7) is 36.9. The quantitative estimate of drug-likeness (QED) is 0.291. The van der Waals surface area contributed by atoms with Crippen LogP contribution < -0.4 is 0 Å². The van der Waals surface area contributed by atoms with Crippen LogP contribution in [-0.4, -0.2) is 17.1 Å². The highest BCUT2D eigenvalue weighted by atomic mass is 28.4. The predicted molar refractivity (Wildman–Crippen MR) is 146 cm³/mol. The van der Waals surface area contributed by atoms with Crippen molar-refractivity contribution in [3.63, 3.8) is 0 Å². The summed E-state index contributed by atoms with van der Waals surface area (Å²) in [5.41, 5.74) is 1.26. The molecule has 0 heterocycles. The molecule has 1 nitrogen and oxygen atoms in total. The van der Waals surface area contributed by atoms with Crippen molar-refractivity contribution in [1.82, 2.24) is 0 Å². The first-order valence-corrected chi connectivity index (χ1v) is 15.9. The Hall–Kier alpha value is -0.646. The number of hydrogen-bond acceptors (Lipinski definition) is 1. The van der Waals surface area contributed by atoms with E-state index in [-0.39, 0.29) is 15.1 Å². The molecule has 0 N–H and O–H groups in total. The van der Waals surface area contributed by atoms with Gasteiger partial charge < -0.3 is 4.43 Å². The maximum atomic E-state index is 7.32. The summed E-state index contributed by atoms with van der Waals surface area (Å²) in [6, 6.07) is 11.9. The highest BCUT2D eigenvalue weighted by molar-refractivity contribution is 6.84. The molecule has 0 saturated heterocycles. The maximum Gasteiger partial charge on any atom is 0.213 e. The molecule has 0 aromatic heterocycles. The third kappa shape index (κ3) is 6.03. The van der Waals surface area contributed by atoms with Gasteiger partial charge in [0.25, 0.3) is 0 Å². The molecule has 1 aromatic carbocycles. The van der Waals surface area contributed by atoms with Crippen molar-refractivity contribution in [1.29, 1.82) is 0 Å². The average molecular weight is 461 g/mol. The Morgan fingerprint density at radius 3 is 1.52 bits per heavy atom. The molecule has 1 rings (SSSR count). The van der Waals surface area contributed by atoms with Crippen LogP contribution in [0.25, 0.3) is 0 Å². The minimum atomic E-state index is -2.44. The van der Waals surface area contributed by atoms with E-state index in [0.29, 0.717) is 16.7 Å². The van der Waals surface area contributed by atoms with E-state index < -0.39 is 17.1 Å². The molecular weight excluding hydrogens is 408 g/mol. The molecular formula is C28H52OSi2. The monoisotopic (exact) mass is 460 g/mol. The fourth-order valence-corrected chi connectivity index (χ4v) is 21.1. The summed E-state index contributed by atoms with van der Waals surface area (Å²) in [5.74, 6) is 0. The molecule has 31 heavy (non-hydrogen) atoms. The van der Waals surface area contributed by atoms with Gasteiger partial charge in [-0.1, -0.05) is 132 Å². The van der Waals surface area contributed by atoms with Gasteiger partial charge >= 0.3 is 0 Å². The fourth-order valence-electron chi connectivity index (χ4n) is 6.91. The summed E-state index contributed by atoms with van der Waals surface area (Å²) in [7, 11) is -3.65. The molecule has 1 atom stereocenters. The van der Waals surface area contributed by atoms with Crippen molar-refractivity contribution in [2.75, 3.05) is 0 Å². The maximum absolute atomic E-state index is 7.32. The summed E-state index contributed by atoms with van der Waals surface area (Å²) < 4.78 is 7.32. The smallest absolute Gasteiger partial charge is 0.213 e. The number of benzene rings is 1. The average Bonchev–Trinajstić information content (AvgIpc) is 2.56. The van der Waals surface area contributed by atoms with Gasteiger partial charge in [-0.15, -0.1) is 6.58 Å². The molecule has 0 spiro atoms. The second kappa shape index (κ2) is 9.31. The zero-order valence-electron chi connectivity index (χ0n) is 23.1. The van der Waals surface area contributed by atoms with Crippen molar-refractivity contribution in [2.24, 2.45) is 0 Å². The van der Waals surface area contributed by atoms with Gasteiger partial charge in [0.1, 0.15) is 0 Å². The van der Waals surface area contributed by atoms with E-state index in [1.54, 1.807) is 0 Å². The lowest BCUT2D eigenvalue weighted by Gasteiger charge is -2.61. The molecule has 0 radical (unpaired) electrons. The predicted octanol–water partition coefficient (Wildman–Crippen LogP) is 9.52. The second-order valence-electron chi connectivity index (χ2n) is 14.1. The van der Waals surface area contributed by atoms with Crippen LogP contribution in [0.3, 0.4) is 0 Å². The largest absolute Gasteiger partial charge is 0.411 e. The Kier molecular flexibility index (Phi) is 8.52. The topological polar surface area (TPSA) is 9.23 Å². The van der Waals surface area contributed by atoms with Gasteiger partial charge in [0.05, 0.1) is 6.61 Å². The van der Waals surface area contributed by atoms with Gasteiger partial charge in [-0.05, 0) is 25.7 Å². The van der Waals surface area contributed by atoms with E-state index in [2.05, 4.69) is 133 Å². The Bertz CT molecular complexity index is 683. The van der Waals surface area contributed by atoms with Crippen LogP contribution in [0.1, 0.15) is 95.6 Å². The summed E-state index contributed by atoms with van der Waals surface area (Å²) in [6.07, 6.45) is 2.30. The van der Waals surface area contributed by atoms with Gasteiger partial charge in [0.15, 0.2) is 0 Å². The van der Waals surface area contributed by atoms with Crippen LogP contribution in [0.2, 0.25) is 31.2 Å². The van der Waals surface area contributed by atoms with Crippen LogP contribution in [-0.2, 0) is 11.0 Å². The van der Waals surface area contributed by atoms with Crippen LogP contribution in [0.4, 0.5) is 0 Å². The standard InChI is InChI=1S/C28H52OSi2/c1-15-28(14,22-30(24(2,3)4)25(5,6)7)31(26(8,9)10,27(11,12)13)29-21-23-19-17-16-18-20-23/h15-20,30H,1,21-22H2,2-14H3. The van der Waals surface area contributed by atoms with E-state index in [4.69, 9.17) is 4.43 Å². The first-order chi connectivity index (χ1) is 13.7. The lowest BCUT2D eigenvalue weighted by Crippen LogP contribution is -2.63. The molecule has 1 aromatic rings. The molecule has 0 aliphatic carbocycles. The van der Waals surface area contributed by atoms with Crippen LogP contribution >= 0.6 is 0 Å². The van der Waals surface area contributed by atoms with Crippen molar-refractivity contribution in [2.45, 2.75) is 128 Å². The van der Waals surface area contributed by atoms with Gasteiger partial charge in [0.2, 0.25) is 8.32 Å². The third-order valence-corrected chi connectivity index (χ3v) is 20.0. The molecule has 0 saturated carbocycles.